The lowest BCUT2D eigenvalue weighted by Gasteiger charge is -2.25. The summed E-state index contributed by atoms with van der Waals surface area (Å²) in [5.74, 6) is 2.98. The van der Waals surface area contributed by atoms with Crippen LogP contribution in [0, 0.1) is 0 Å². The van der Waals surface area contributed by atoms with Gasteiger partial charge in [-0.25, -0.2) is 0 Å². The van der Waals surface area contributed by atoms with Crippen molar-refractivity contribution in [3.8, 4) is 50.6 Å². The zero-order chi connectivity index (χ0) is 38.9. The average molecular weight is 940 g/mol. The lowest BCUT2D eigenvalue weighted by molar-refractivity contribution is 0.414. The molecule has 0 heterocycles. The molecule has 0 saturated heterocycles. The molecule has 0 aliphatic heterocycles. The molecule has 3 aliphatic carbocycles. The van der Waals surface area contributed by atoms with E-state index in [1.807, 2.05) is 18.2 Å². The fourth-order valence-electron chi connectivity index (χ4n) is 10.1. The van der Waals surface area contributed by atoms with Crippen molar-refractivity contribution in [3.63, 3.8) is 0 Å². The Bertz CT molecular complexity index is 2430. The van der Waals surface area contributed by atoms with Gasteiger partial charge in [0.1, 0.15) is 17.2 Å². The highest BCUT2D eigenvalue weighted by Gasteiger charge is 2.46. The molecule has 0 fully saturated rings. The predicted octanol–water partition coefficient (Wildman–Crippen LogP) is 14.1. The number of benzene rings is 7. The van der Waals surface area contributed by atoms with Gasteiger partial charge in [0.05, 0.1) is 21.3 Å². The van der Waals surface area contributed by atoms with E-state index in [1.54, 1.807) is 21.3 Å². The summed E-state index contributed by atoms with van der Waals surface area (Å²) in [7, 11) is 5.25. The number of fused-ring (bicyclic) bond motifs is 12. The van der Waals surface area contributed by atoms with Crippen molar-refractivity contribution in [2.24, 2.45) is 0 Å². The highest BCUT2D eigenvalue weighted by Crippen LogP contribution is 2.65. The van der Waals surface area contributed by atoms with Gasteiger partial charge in [0.25, 0.3) is 0 Å². The molecule has 0 bridgehead atoms. The largest absolute Gasteiger partial charge is 0.497 e. The molecule has 282 valence electrons. The van der Waals surface area contributed by atoms with E-state index in [0.717, 1.165) is 49.9 Å². The normalized spacial score (nSPS) is 16.6. The molecule has 0 aromatic heterocycles. The minimum atomic E-state index is 0.127. The Hall–Kier alpha value is -4.62. The second-order valence-corrected chi connectivity index (χ2v) is 17.8. The summed E-state index contributed by atoms with van der Waals surface area (Å²) < 4.78 is 20.6. The van der Waals surface area contributed by atoms with E-state index in [-0.39, 0.29) is 17.8 Å². The van der Waals surface area contributed by atoms with Gasteiger partial charge in [0, 0.05) is 31.2 Å². The van der Waals surface area contributed by atoms with Crippen LogP contribution in [-0.2, 0) is 19.3 Å². The Morgan fingerprint density at radius 3 is 0.947 bits per heavy atom. The van der Waals surface area contributed by atoms with E-state index in [9.17, 15) is 0 Å². The Morgan fingerprint density at radius 2 is 0.667 bits per heavy atom. The van der Waals surface area contributed by atoms with Crippen LogP contribution in [0.4, 0.5) is 0 Å². The van der Waals surface area contributed by atoms with Crippen molar-refractivity contribution in [1.82, 2.24) is 0 Å². The van der Waals surface area contributed by atoms with E-state index >= 15 is 0 Å². The van der Waals surface area contributed by atoms with E-state index < -0.39 is 0 Å². The predicted molar refractivity (Wildman–Crippen MR) is 241 cm³/mol. The summed E-state index contributed by atoms with van der Waals surface area (Å²) >= 11 is 11.8. The van der Waals surface area contributed by atoms with Crippen molar-refractivity contribution in [2.45, 2.75) is 37.0 Å². The quantitative estimate of drug-likeness (QED) is 0.144. The molecular weight excluding hydrogens is 900 g/mol. The minimum Gasteiger partial charge on any atom is -0.497 e. The molecule has 3 atom stereocenters. The molecule has 3 nitrogen and oxygen atoms in total. The van der Waals surface area contributed by atoms with Crippen LogP contribution < -0.4 is 14.2 Å². The van der Waals surface area contributed by atoms with Crippen molar-refractivity contribution in [2.75, 3.05) is 21.3 Å². The van der Waals surface area contributed by atoms with Crippen molar-refractivity contribution in [3.05, 3.63) is 191 Å². The topological polar surface area (TPSA) is 27.7 Å². The van der Waals surface area contributed by atoms with Crippen molar-refractivity contribution < 1.29 is 14.2 Å². The molecular formula is C51H39Br3O3. The maximum absolute atomic E-state index is 5.78. The molecule has 10 rings (SSSR count). The van der Waals surface area contributed by atoms with Crippen LogP contribution in [0.5, 0.6) is 17.2 Å². The molecule has 0 N–H and O–H groups in total. The Balaban J connectivity index is 1.30. The van der Waals surface area contributed by atoms with Crippen LogP contribution in [0.3, 0.4) is 0 Å². The van der Waals surface area contributed by atoms with Crippen LogP contribution in [0.1, 0.15) is 67.8 Å². The molecule has 57 heavy (non-hydrogen) atoms. The molecule has 0 unspecified atom stereocenters. The lowest BCUT2D eigenvalue weighted by atomic mass is 9.77. The first-order valence-corrected chi connectivity index (χ1v) is 21.7. The second-order valence-electron chi connectivity index (χ2n) is 15.3. The van der Waals surface area contributed by atoms with Gasteiger partial charge in [-0.15, -0.1) is 0 Å². The fourth-order valence-corrected chi connectivity index (χ4v) is 11.3. The number of rotatable bonds is 9. The molecule has 3 aliphatic rings. The zero-order valence-electron chi connectivity index (χ0n) is 31.8. The van der Waals surface area contributed by atoms with Crippen LogP contribution in [0.25, 0.3) is 33.4 Å². The third-order valence-corrected chi connectivity index (χ3v) is 14.8. The van der Waals surface area contributed by atoms with Crippen LogP contribution in [-0.4, -0.2) is 21.3 Å². The first-order valence-electron chi connectivity index (χ1n) is 19.4. The maximum Gasteiger partial charge on any atom is 0.119 e. The van der Waals surface area contributed by atoms with Gasteiger partial charge in [0.15, 0.2) is 0 Å². The number of hydrogen-bond donors (Lipinski definition) is 0. The summed E-state index contributed by atoms with van der Waals surface area (Å²) in [5, 5.41) is 0. The standard InChI is InChI=1S/C51H39Br3O3/c1-55-31-16-19-43(52)28(22-31)25-40-34-10-4-7-13-37(34)46-49(40)47-38-14-8-5-11-35(38)41(26-29-23-32(56-2)17-20-44(29)53)51(47)48-39-15-9-6-12-36(39)42(50(46)48)27-30-24-33(57-3)18-21-45(30)54/h4-24,40-42H,25-27H2,1-3H3/t40-,41-,42-/m1/s1. The third-order valence-electron chi connectivity index (χ3n) is 12.5. The average Bonchev–Trinajstić information content (AvgIpc) is 3.86. The highest BCUT2D eigenvalue weighted by atomic mass is 79.9. The van der Waals surface area contributed by atoms with E-state index in [1.165, 1.54) is 83.5 Å². The van der Waals surface area contributed by atoms with Crippen LogP contribution in [0.15, 0.2) is 141 Å². The monoisotopic (exact) mass is 936 g/mol. The van der Waals surface area contributed by atoms with Gasteiger partial charge in [0.2, 0.25) is 0 Å². The third kappa shape index (κ3) is 5.93. The SMILES string of the molecule is COc1ccc(Br)c(C[C@@H]2c3ccccc3-c3c2c2c(c4c3[C@H](Cc3cc(OC)ccc3Br)c3ccccc3-4)[C@H](Cc3cc(OC)ccc3Br)c3ccccc3-2)c1. The van der Waals surface area contributed by atoms with Gasteiger partial charge in [-0.3, -0.25) is 0 Å². The van der Waals surface area contributed by atoms with E-state index in [0.29, 0.717) is 0 Å². The number of methoxy groups -OCH3 is 3. The molecule has 0 spiro atoms. The summed E-state index contributed by atoms with van der Waals surface area (Å²) in [4.78, 5) is 0. The van der Waals surface area contributed by atoms with Crippen LogP contribution in [0.2, 0.25) is 0 Å². The van der Waals surface area contributed by atoms with Gasteiger partial charge in [-0.2, -0.15) is 0 Å². The Morgan fingerprint density at radius 1 is 0.386 bits per heavy atom. The molecule has 0 saturated carbocycles. The summed E-state index contributed by atoms with van der Waals surface area (Å²) in [6.07, 6.45) is 2.50. The summed E-state index contributed by atoms with van der Waals surface area (Å²) in [6.45, 7) is 0. The maximum atomic E-state index is 5.78. The smallest absolute Gasteiger partial charge is 0.119 e. The van der Waals surface area contributed by atoms with Gasteiger partial charge in [-0.05, 0) is 157 Å². The number of halogens is 3. The minimum absolute atomic E-state index is 0.127. The Kier molecular flexibility index (Phi) is 9.43. The highest BCUT2D eigenvalue weighted by molar-refractivity contribution is 9.11. The van der Waals surface area contributed by atoms with Gasteiger partial charge in [-0.1, -0.05) is 121 Å². The van der Waals surface area contributed by atoms with Gasteiger partial charge >= 0.3 is 0 Å². The van der Waals surface area contributed by atoms with E-state index in [2.05, 4.69) is 157 Å². The molecule has 7 aromatic rings. The van der Waals surface area contributed by atoms with E-state index in [4.69, 9.17) is 14.2 Å². The first kappa shape index (κ1) is 36.7. The zero-order valence-corrected chi connectivity index (χ0v) is 36.6. The van der Waals surface area contributed by atoms with Crippen molar-refractivity contribution >= 4 is 47.8 Å². The Labute approximate surface area is 359 Å². The van der Waals surface area contributed by atoms with Gasteiger partial charge < -0.3 is 14.2 Å². The summed E-state index contributed by atoms with van der Waals surface area (Å²) in [5.41, 5.74) is 20.4. The van der Waals surface area contributed by atoms with Crippen LogP contribution >= 0.6 is 47.8 Å². The molecule has 6 heteroatoms. The molecule has 0 amide bonds. The molecule has 0 radical (unpaired) electrons. The number of hydrogen-bond acceptors (Lipinski definition) is 3. The second kappa shape index (κ2) is 14.6. The number of ether oxygens (including phenoxy) is 3. The first-order chi connectivity index (χ1) is 27.9. The fraction of sp³-hybridized carbons (Fsp3) is 0.176. The van der Waals surface area contributed by atoms with Crippen molar-refractivity contribution in [1.29, 1.82) is 0 Å². The summed E-state index contributed by atoms with van der Waals surface area (Å²) in [6, 6.07) is 46.6. The lowest BCUT2D eigenvalue weighted by Crippen LogP contribution is -2.10. The molecule has 7 aromatic carbocycles.